The second kappa shape index (κ2) is 7.30. The van der Waals surface area contributed by atoms with Crippen molar-refractivity contribution in [3.63, 3.8) is 0 Å². The molecule has 0 aromatic heterocycles. The van der Waals surface area contributed by atoms with Crippen LogP contribution in [0.4, 0.5) is 5.69 Å². The van der Waals surface area contributed by atoms with E-state index in [9.17, 15) is 4.79 Å². The number of hydrogen-bond acceptors (Lipinski definition) is 2. The Balaban J connectivity index is 3.03. The van der Waals surface area contributed by atoms with E-state index in [-0.39, 0.29) is 5.41 Å². The van der Waals surface area contributed by atoms with Gasteiger partial charge in [-0.15, -0.1) is 0 Å². The number of hydrogen-bond donors (Lipinski definition) is 2. The van der Waals surface area contributed by atoms with Gasteiger partial charge in [0, 0.05) is 18.3 Å². The van der Waals surface area contributed by atoms with Gasteiger partial charge >= 0.3 is 5.97 Å². The number of benzene rings is 1. The summed E-state index contributed by atoms with van der Waals surface area (Å²) in [7, 11) is 0. The van der Waals surface area contributed by atoms with E-state index in [2.05, 4.69) is 52.1 Å². The summed E-state index contributed by atoms with van der Waals surface area (Å²) in [5.41, 5.74) is 3.22. The summed E-state index contributed by atoms with van der Waals surface area (Å²) < 4.78 is 0. The smallest absolute Gasteiger partial charge is 0.328 e. The van der Waals surface area contributed by atoms with Gasteiger partial charge in [-0.1, -0.05) is 46.8 Å². The molecule has 21 heavy (non-hydrogen) atoms. The minimum atomic E-state index is -0.928. The fraction of sp³-hybridized carbons (Fsp3) is 0.500. The Hall–Kier alpha value is -1.77. The van der Waals surface area contributed by atoms with E-state index in [0.717, 1.165) is 24.2 Å². The highest BCUT2D eigenvalue weighted by molar-refractivity contribution is 5.87. The quantitative estimate of drug-likeness (QED) is 0.756. The highest BCUT2D eigenvalue weighted by Crippen LogP contribution is 2.28. The molecule has 0 aliphatic heterocycles. The topological polar surface area (TPSA) is 49.3 Å². The summed E-state index contributed by atoms with van der Waals surface area (Å²) in [5.74, 6) is -0.288. The van der Waals surface area contributed by atoms with Crippen molar-refractivity contribution >= 4 is 17.7 Å². The average Bonchev–Trinajstić information content (AvgIpc) is 2.35. The van der Waals surface area contributed by atoms with Crippen LogP contribution < -0.4 is 5.32 Å². The molecule has 0 unspecified atom stereocenters. The Labute approximate surface area is 128 Å². The van der Waals surface area contributed by atoms with Crippen LogP contribution in [0.3, 0.4) is 0 Å². The highest BCUT2D eigenvalue weighted by Gasteiger charge is 2.15. The van der Waals surface area contributed by atoms with Crippen molar-refractivity contribution in [3.05, 3.63) is 35.4 Å². The minimum absolute atomic E-state index is 0.0729. The van der Waals surface area contributed by atoms with Crippen molar-refractivity contribution in [2.24, 2.45) is 5.92 Å². The van der Waals surface area contributed by atoms with Crippen LogP contribution in [0.1, 0.15) is 52.2 Å². The number of anilines is 1. The van der Waals surface area contributed by atoms with Crippen LogP contribution in [0, 0.1) is 5.92 Å². The Kier molecular flexibility index (Phi) is 6.01. The molecule has 0 aliphatic rings. The first-order valence-electron chi connectivity index (χ1n) is 7.49. The summed E-state index contributed by atoms with van der Waals surface area (Å²) in [5, 5.41) is 12.2. The van der Waals surface area contributed by atoms with Gasteiger partial charge in [-0.2, -0.15) is 0 Å². The van der Waals surface area contributed by atoms with Crippen molar-refractivity contribution in [2.45, 2.75) is 46.5 Å². The van der Waals surface area contributed by atoms with Gasteiger partial charge in [-0.05, 0) is 41.0 Å². The van der Waals surface area contributed by atoms with E-state index in [0.29, 0.717) is 5.92 Å². The zero-order valence-electron chi connectivity index (χ0n) is 13.7. The Morgan fingerprint density at radius 3 is 2.52 bits per heavy atom. The van der Waals surface area contributed by atoms with Crippen LogP contribution in [0.5, 0.6) is 0 Å². The Morgan fingerprint density at radius 1 is 1.33 bits per heavy atom. The SMILES string of the molecule is CC(C)CCNc1cc(C(C)(C)C)ccc1C=CC(=O)O. The summed E-state index contributed by atoms with van der Waals surface area (Å²) in [6.07, 6.45) is 3.91. The lowest BCUT2D eigenvalue weighted by Gasteiger charge is -2.21. The third kappa shape index (κ3) is 6.03. The van der Waals surface area contributed by atoms with Crippen LogP contribution in [-0.4, -0.2) is 17.6 Å². The molecule has 0 bridgehead atoms. The maximum Gasteiger partial charge on any atom is 0.328 e. The fourth-order valence-corrected chi connectivity index (χ4v) is 1.98. The van der Waals surface area contributed by atoms with Crippen molar-refractivity contribution in [2.75, 3.05) is 11.9 Å². The molecule has 1 aromatic carbocycles. The molecule has 0 radical (unpaired) electrons. The molecule has 3 nitrogen and oxygen atoms in total. The van der Waals surface area contributed by atoms with Gasteiger partial charge in [0.05, 0.1) is 0 Å². The van der Waals surface area contributed by atoms with E-state index in [1.165, 1.54) is 11.6 Å². The van der Waals surface area contributed by atoms with Crippen LogP contribution in [0.15, 0.2) is 24.3 Å². The molecular weight excluding hydrogens is 262 g/mol. The first-order valence-corrected chi connectivity index (χ1v) is 7.49. The zero-order valence-corrected chi connectivity index (χ0v) is 13.7. The maximum atomic E-state index is 10.7. The normalized spacial score (nSPS) is 12.1. The standard InChI is InChI=1S/C18H27NO2/c1-13(2)10-11-19-16-12-15(18(3,4)5)8-6-14(16)7-9-17(20)21/h6-9,12-13,19H,10-11H2,1-5H3,(H,20,21). The predicted octanol–water partition coefficient (Wildman–Crippen LogP) is 4.54. The van der Waals surface area contributed by atoms with Crippen molar-refractivity contribution in [1.29, 1.82) is 0 Å². The number of rotatable bonds is 6. The lowest BCUT2D eigenvalue weighted by atomic mass is 9.86. The summed E-state index contributed by atoms with van der Waals surface area (Å²) in [6, 6.07) is 6.18. The molecule has 0 amide bonds. The largest absolute Gasteiger partial charge is 0.478 e. The zero-order chi connectivity index (χ0) is 16.0. The molecule has 0 saturated heterocycles. The van der Waals surface area contributed by atoms with Crippen LogP contribution in [0.2, 0.25) is 0 Å². The number of aliphatic carboxylic acids is 1. The van der Waals surface area contributed by atoms with Gasteiger partial charge in [0.15, 0.2) is 0 Å². The number of nitrogens with one attached hydrogen (secondary N) is 1. The van der Waals surface area contributed by atoms with Gasteiger partial charge in [-0.25, -0.2) is 4.79 Å². The van der Waals surface area contributed by atoms with E-state index in [1.54, 1.807) is 6.08 Å². The molecule has 0 saturated carbocycles. The van der Waals surface area contributed by atoms with Crippen LogP contribution >= 0.6 is 0 Å². The molecule has 0 spiro atoms. The van der Waals surface area contributed by atoms with Gasteiger partial charge < -0.3 is 10.4 Å². The molecule has 0 fully saturated rings. The second-order valence-electron chi connectivity index (χ2n) is 6.83. The minimum Gasteiger partial charge on any atom is -0.478 e. The number of carbonyl (C=O) groups is 1. The highest BCUT2D eigenvalue weighted by atomic mass is 16.4. The van der Waals surface area contributed by atoms with Gasteiger partial charge in [0.2, 0.25) is 0 Å². The number of carboxylic acid groups (broad SMARTS) is 1. The first kappa shape index (κ1) is 17.3. The monoisotopic (exact) mass is 289 g/mol. The molecule has 0 aliphatic carbocycles. The predicted molar refractivity (Wildman–Crippen MR) is 89.8 cm³/mol. The third-order valence-corrected chi connectivity index (χ3v) is 3.36. The Morgan fingerprint density at radius 2 is 2.00 bits per heavy atom. The van der Waals surface area contributed by atoms with E-state index in [4.69, 9.17) is 5.11 Å². The summed E-state index contributed by atoms with van der Waals surface area (Å²) in [4.78, 5) is 10.7. The third-order valence-electron chi connectivity index (χ3n) is 3.36. The molecule has 0 heterocycles. The molecule has 0 atom stereocenters. The molecule has 116 valence electrons. The average molecular weight is 289 g/mol. The van der Waals surface area contributed by atoms with Gasteiger partial charge in [-0.3, -0.25) is 0 Å². The van der Waals surface area contributed by atoms with Crippen LogP contribution in [0.25, 0.3) is 6.08 Å². The Bertz CT molecular complexity index is 510. The summed E-state index contributed by atoms with van der Waals surface area (Å²) >= 11 is 0. The van der Waals surface area contributed by atoms with Gasteiger partial charge in [0.25, 0.3) is 0 Å². The van der Waals surface area contributed by atoms with E-state index < -0.39 is 5.97 Å². The summed E-state index contributed by atoms with van der Waals surface area (Å²) in [6.45, 7) is 11.8. The van der Waals surface area contributed by atoms with Crippen molar-refractivity contribution < 1.29 is 9.90 Å². The second-order valence-corrected chi connectivity index (χ2v) is 6.83. The number of carboxylic acids is 1. The van der Waals surface area contributed by atoms with Crippen molar-refractivity contribution in [3.8, 4) is 0 Å². The fourth-order valence-electron chi connectivity index (χ4n) is 1.98. The lowest BCUT2D eigenvalue weighted by Crippen LogP contribution is -2.13. The van der Waals surface area contributed by atoms with Crippen molar-refractivity contribution in [1.82, 2.24) is 0 Å². The first-order chi connectivity index (χ1) is 9.70. The lowest BCUT2D eigenvalue weighted by molar-refractivity contribution is -0.131. The molecular formula is C18H27NO2. The van der Waals surface area contributed by atoms with Gasteiger partial charge in [0.1, 0.15) is 0 Å². The molecule has 2 N–H and O–H groups in total. The molecule has 3 heteroatoms. The van der Waals surface area contributed by atoms with E-state index >= 15 is 0 Å². The van der Waals surface area contributed by atoms with Crippen LogP contribution in [-0.2, 0) is 10.2 Å². The molecule has 1 aromatic rings. The maximum absolute atomic E-state index is 10.7. The van der Waals surface area contributed by atoms with E-state index in [1.807, 2.05) is 6.07 Å². The molecule has 1 rings (SSSR count).